The molecule has 3 aromatic rings. The second-order valence-corrected chi connectivity index (χ2v) is 7.35. The average molecular weight is 405 g/mol. The van der Waals surface area contributed by atoms with Crippen LogP contribution >= 0.6 is 0 Å². The Hall–Kier alpha value is -3.41. The lowest BCUT2D eigenvalue weighted by Crippen LogP contribution is -2.29. The number of methoxy groups -OCH3 is 1. The van der Waals surface area contributed by atoms with E-state index in [-0.39, 0.29) is 5.82 Å². The number of nitrogens with zero attached hydrogens (tertiary/aromatic N) is 2. The van der Waals surface area contributed by atoms with E-state index in [1.54, 1.807) is 12.1 Å². The number of anilines is 1. The zero-order chi connectivity index (χ0) is 20.9. The lowest BCUT2D eigenvalue weighted by Gasteiger charge is -2.28. The molecule has 0 radical (unpaired) electrons. The van der Waals surface area contributed by atoms with Crippen molar-refractivity contribution in [1.29, 1.82) is 0 Å². The van der Waals surface area contributed by atoms with Gasteiger partial charge in [0, 0.05) is 24.3 Å². The molecule has 1 heterocycles. The summed E-state index contributed by atoms with van der Waals surface area (Å²) in [6.45, 7) is 1.91. The van der Waals surface area contributed by atoms with Crippen molar-refractivity contribution >= 4 is 28.6 Å². The summed E-state index contributed by atoms with van der Waals surface area (Å²) in [5.41, 5.74) is 4.04. The number of rotatable bonds is 5. The fraction of sp³-hybridized carbons (Fsp3) is 0.250. The van der Waals surface area contributed by atoms with Gasteiger partial charge in [-0.2, -0.15) is 5.10 Å². The van der Waals surface area contributed by atoms with Crippen LogP contribution in [0.3, 0.4) is 0 Å². The van der Waals surface area contributed by atoms with Gasteiger partial charge in [0.1, 0.15) is 11.6 Å². The van der Waals surface area contributed by atoms with Crippen molar-refractivity contribution in [3.63, 3.8) is 0 Å². The summed E-state index contributed by atoms with van der Waals surface area (Å²) >= 11 is 0. The third-order valence-corrected chi connectivity index (χ3v) is 5.39. The molecule has 154 valence electrons. The van der Waals surface area contributed by atoms with Crippen LogP contribution in [0.25, 0.3) is 10.8 Å². The predicted molar refractivity (Wildman–Crippen MR) is 118 cm³/mol. The molecule has 1 N–H and O–H groups in total. The molecule has 0 aromatic heterocycles. The van der Waals surface area contributed by atoms with Gasteiger partial charge < -0.3 is 9.64 Å². The number of amides is 1. The molecule has 30 heavy (non-hydrogen) atoms. The van der Waals surface area contributed by atoms with Gasteiger partial charge in [0.25, 0.3) is 5.91 Å². The van der Waals surface area contributed by atoms with Crippen LogP contribution in [-0.2, 0) is 0 Å². The van der Waals surface area contributed by atoms with Crippen molar-refractivity contribution in [3.8, 4) is 5.75 Å². The summed E-state index contributed by atoms with van der Waals surface area (Å²) in [5.74, 6) is -0.322. The van der Waals surface area contributed by atoms with Crippen molar-refractivity contribution in [1.82, 2.24) is 5.43 Å². The number of ether oxygens (including phenoxy) is 1. The maximum atomic E-state index is 14.5. The Labute approximate surface area is 175 Å². The predicted octanol–water partition coefficient (Wildman–Crippen LogP) is 4.74. The highest BCUT2D eigenvalue weighted by Crippen LogP contribution is 2.26. The largest absolute Gasteiger partial charge is 0.496 e. The quantitative estimate of drug-likeness (QED) is 0.493. The molecular weight excluding hydrogens is 381 g/mol. The minimum absolute atomic E-state index is 0.321. The second-order valence-electron chi connectivity index (χ2n) is 7.35. The first-order valence-electron chi connectivity index (χ1n) is 10.1. The first-order chi connectivity index (χ1) is 14.7. The number of benzene rings is 3. The van der Waals surface area contributed by atoms with Crippen molar-refractivity contribution in [2.75, 3.05) is 25.1 Å². The Balaban J connectivity index is 1.48. The van der Waals surface area contributed by atoms with Gasteiger partial charge >= 0.3 is 0 Å². The Morgan fingerprint density at radius 2 is 1.80 bits per heavy atom. The first kappa shape index (κ1) is 19.9. The molecule has 1 fully saturated rings. The zero-order valence-corrected chi connectivity index (χ0v) is 16.9. The molecule has 1 saturated heterocycles. The van der Waals surface area contributed by atoms with Crippen LogP contribution in [0.5, 0.6) is 5.75 Å². The molecule has 6 heteroatoms. The van der Waals surface area contributed by atoms with Gasteiger partial charge in [-0.05, 0) is 60.4 Å². The van der Waals surface area contributed by atoms with Gasteiger partial charge in [-0.15, -0.1) is 0 Å². The number of nitrogens with one attached hydrogen (secondary N) is 1. The van der Waals surface area contributed by atoms with Crippen LogP contribution in [0, 0.1) is 5.82 Å². The minimum atomic E-state index is -0.417. The van der Waals surface area contributed by atoms with E-state index in [1.165, 1.54) is 25.8 Å². The number of piperidine rings is 1. The zero-order valence-electron chi connectivity index (χ0n) is 16.9. The molecular formula is C24H24FN3O2. The lowest BCUT2D eigenvalue weighted by molar-refractivity contribution is 0.0952. The number of fused-ring (bicyclic) bond motifs is 1. The molecule has 0 atom stereocenters. The van der Waals surface area contributed by atoms with Gasteiger partial charge in [0.05, 0.1) is 18.9 Å². The van der Waals surface area contributed by atoms with Gasteiger partial charge in [-0.3, -0.25) is 4.79 Å². The highest BCUT2D eigenvalue weighted by molar-refractivity contribution is 6.02. The van der Waals surface area contributed by atoms with Crippen molar-refractivity contribution < 1.29 is 13.9 Å². The van der Waals surface area contributed by atoms with E-state index in [1.807, 2.05) is 36.4 Å². The van der Waals surface area contributed by atoms with E-state index in [0.717, 1.165) is 42.4 Å². The highest BCUT2D eigenvalue weighted by Gasteiger charge is 2.14. The number of hydrazone groups is 1. The Kier molecular flexibility index (Phi) is 5.93. The number of halogens is 1. The van der Waals surface area contributed by atoms with E-state index in [2.05, 4.69) is 15.4 Å². The monoisotopic (exact) mass is 405 g/mol. The van der Waals surface area contributed by atoms with Crippen LogP contribution in [0.4, 0.5) is 10.1 Å². The topological polar surface area (TPSA) is 53.9 Å². The smallest absolute Gasteiger partial charge is 0.275 e. The molecule has 0 unspecified atom stereocenters. The summed E-state index contributed by atoms with van der Waals surface area (Å²) in [6.07, 6.45) is 4.82. The molecule has 0 spiro atoms. The summed E-state index contributed by atoms with van der Waals surface area (Å²) in [7, 11) is 1.52. The summed E-state index contributed by atoms with van der Waals surface area (Å²) in [4.78, 5) is 14.8. The summed E-state index contributed by atoms with van der Waals surface area (Å²) in [6, 6.07) is 16.4. The molecule has 5 nitrogen and oxygen atoms in total. The molecule has 0 saturated carbocycles. The van der Waals surface area contributed by atoms with Crippen molar-refractivity contribution in [2.45, 2.75) is 19.3 Å². The minimum Gasteiger partial charge on any atom is -0.496 e. The van der Waals surface area contributed by atoms with Gasteiger partial charge in [-0.25, -0.2) is 9.82 Å². The maximum absolute atomic E-state index is 14.5. The van der Waals surface area contributed by atoms with E-state index in [9.17, 15) is 9.18 Å². The maximum Gasteiger partial charge on any atom is 0.275 e. The summed E-state index contributed by atoms with van der Waals surface area (Å²) < 4.78 is 19.8. The molecule has 0 aliphatic carbocycles. The fourth-order valence-electron chi connectivity index (χ4n) is 3.76. The lowest BCUT2D eigenvalue weighted by atomic mass is 10.1. The SMILES string of the molecule is COc1cc2ccccc2cc1C(=O)NN=Cc1ccc(N2CCCCC2)cc1F. The van der Waals surface area contributed by atoms with E-state index in [0.29, 0.717) is 16.9 Å². The van der Waals surface area contributed by atoms with Crippen LogP contribution in [0.2, 0.25) is 0 Å². The number of hydrogen-bond donors (Lipinski definition) is 1. The first-order valence-corrected chi connectivity index (χ1v) is 10.1. The van der Waals surface area contributed by atoms with Crippen LogP contribution < -0.4 is 15.1 Å². The molecule has 3 aromatic carbocycles. The van der Waals surface area contributed by atoms with Crippen LogP contribution in [0.15, 0.2) is 59.7 Å². The Morgan fingerprint density at radius 1 is 1.07 bits per heavy atom. The third kappa shape index (κ3) is 4.27. The molecule has 1 aliphatic rings. The summed E-state index contributed by atoms with van der Waals surface area (Å²) in [5, 5.41) is 5.84. The second kappa shape index (κ2) is 8.95. The number of carbonyl (C=O) groups excluding carboxylic acids is 1. The molecule has 4 rings (SSSR count). The Morgan fingerprint density at radius 3 is 2.50 bits per heavy atom. The van der Waals surface area contributed by atoms with E-state index < -0.39 is 5.91 Å². The highest BCUT2D eigenvalue weighted by atomic mass is 19.1. The number of carbonyl (C=O) groups is 1. The van der Waals surface area contributed by atoms with Crippen LogP contribution in [0.1, 0.15) is 35.2 Å². The molecule has 0 bridgehead atoms. The average Bonchev–Trinajstić information content (AvgIpc) is 2.79. The fourth-order valence-corrected chi connectivity index (χ4v) is 3.76. The standard InChI is InChI=1S/C24H24FN3O2/c1-30-23-14-18-8-4-3-7-17(18)13-21(23)24(29)27-26-16-19-9-10-20(15-22(19)25)28-11-5-2-6-12-28/h3-4,7-10,13-16H,2,5-6,11-12H2,1H3,(H,27,29). The third-order valence-electron chi connectivity index (χ3n) is 5.39. The number of hydrogen-bond acceptors (Lipinski definition) is 4. The van der Waals surface area contributed by atoms with E-state index >= 15 is 0 Å². The van der Waals surface area contributed by atoms with E-state index in [4.69, 9.17) is 4.74 Å². The van der Waals surface area contributed by atoms with Gasteiger partial charge in [0.15, 0.2) is 0 Å². The van der Waals surface area contributed by atoms with Gasteiger partial charge in [-0.1, -0.05) is 24.3 Å². The molecule has 1 aliphatic heterocycles. The van der Waals surface area contributed by atoms with Crippen molar-refractivity contribution in [3.05, 3.63) is 71.5 Å². The molecule has 1 amide bonds. The normalized spacial score (nSPS) is 14.3. The van der Waals surface area contributed by atoms with Gasteiger partial charge in [0.2, 0.25) is 0 Å². The van der Waals surface area contributed by atoms with Crippen molar-refractivity contribution in [2.24, 2.45) is 5.10 Å². The Bertz CT molecular complexity index is 1090. The van der Waals surface area contributed by atoms with Crippen LogP contribution in [-0.4, -0.2) is 32.3 Å².